The van der Waals surface area contributed by atoms with Crippen LogP contribution in [0.5, 0.6) is 0 Å². The van der Waals surface area contributed by atoms with Crippen LogP contribution >= 0.6 is 11.3 Å². The lowest BCUT2D eigenvalue weighted by Gasteiger charge is -2.30. The molecule has 55 heavy (non-hydrogen) atoms. The van der Waals surface area contributed by atoms with Gasteiger partial charge >= 0.3 is 17.1 Å². The summed E-state index contributed by atoms with van der Waals surface area (Å²) in [7, 11) is 3.16. The molecule has 0 aliphatic carbocycles. The number of nitrogens with zero attached hydrogens (tertiary/aromatic N) is 5. The number of fused-ring (bicyclic) bond motifs is 1. The number of thiazole rings is 1. The van der Waals surface area contributed by atoms with Gasteiger partial charge in [-0.1, -0.05) is 38.1 Å². The Balaban J connectivity index is 1.08. The zero-order valence-electron chi connectivity index (χ0n) is 32.3. The highest BCUT2D eigenvalue weighted by atomic mass is 32.1. The summed E-state index contributed by atoms with van der Waals surface area (Å²) in [5.74, 6) is 0.415. The minimum Gasteiger partial charge on any atom is -0.453 e. The molecule has 2 aliphatic heterocycles. The number of likely N-dealkylation sites (tertiary alicyclic amines) is 2. The van der Waals surface area contributed by atoms with Gasteiger partial charge in [-0.2, -0.15) is 4.40 Å². The molecule has 5 amide bonds. The highest BCUT2D eigenvalue weighted by Gasteiger charge is 2.38. The van der Waals surface area contributed by atoms with Gasteiger partial charge in [-0.05, 0) is 74.8 Å². The number of aromatic amines is 1. The standard InChI is InChI=1S/C38H49N9O7S/c1-22(2)31(43-36(52)53-7)34(50)47-17-8-10-26(47)32-39-18-25(41-32)23-12-14-24(15-13-23)28-20-45-21-29(44(6)37(45)55-28)42-33(49)27-11-9-16-46(27)30(48)19-40-35(51)54-38(3,4)5/h12-15,18,20-22,26-27,31H,8-11,16-17,19H2,1-7H3,(H3-,39,40,41,42,43,49,51,52)/p+1. The summed E-state index contributed by atoms with van der Waals surface area (Å²) < 4.78 is 13.8. The molecule has 2 saturated heterocycles. The van der Waals surface area contributed by atoms with E-state index < -0.39 is 29.9 Å². The largest absolute Gasteiger partial charge is 0.453 e. The van der Waals surface area contributed by atoms with Gasteiger partial charge in [0, 0.05) is 13.1 Å². The number of carbonyl (C=O) groups excluding carboxylic acids is 5. The number of hydrogen-bond acceptors (Lipinski definition) is 9. The molecule has 4 N–H and O–H groups in total. The maximum Gasteiger partial charge on any atom is 0.408 e. The van der Waals surface area contributed by atoms with Crippen LogP contribution < -0.4 is 20.4 Å². The van der Waals surface area contributed by atoms with E-state index in [1.165, 1.54) is 12.0 Å². The van der Waals surface area contributed by atoms with Crippen molar-refractivity contribution in [2.75, 3.05) is 32.1 Å². The zero-order chi connectivity index (χ0) is 39.6. The van der Waals surface area contributed by atoms with E-state index in [1.807, 2.05) is 66.5 Å². The number of aryl methyl sites for hydroxylation is 1. The number of amides is 5. The zero-order valence-corrected chi connectivity index (χ0v) is 33.1. The van der Waals surface area contributed by atoms with Gasteiger partial charge in [0.15, 0.2) is 6.20 Å². The van der Waals surface area contributed by atoms with Crippen molar-refractivity contribution in [2.24, 2.45) is 13.0 Å². The van der Waals surface area contributed by atoms with Crippen LogP contribution in [0.4, 0.5) is 15.4 Å². The minimum absolute atomic E-state index is 0.115. The summed E-state index contributed by atoms with van der Waals surface area (Å²) in [6, 6.07) is 6.58. The molecule has 17 heteroatoms. The molecule has 3 unspecified atom stereocenters. The van der Waals surface area contributed by atoms with Crippen LogP contribution in [0.15, 0.2) is 42.9 Å². The Labute approximate surface area is 323 Å². The number of benzene rings is 1. The molecule has 294 valence electrons. The number of H-pyrrole nitrogens is 1. The third kappa shape index (κ3) is 8.77. The maximum absolute atomic E-state index is 13.5. The number of aromatic nitrogens is 4. The molecule has 0 spiro atoms. The molecule has 16 nitrogen and oxygen atoms in total. The molecule has 1 aromatic carbocycles. The lowest BCUT2D eigenvalue weighted by atomic mass is 10.0. The van der Waals surface area contributed by atoms with Crippen LogP contribution in [0, 0.1) is 5.92 Å². The predicted molar refractivity (Wildman–Crippen MR) is 205 cm³/mol. The Bertz CT molecular complexity index is 2060. The van der Waals surface area contributed by atoms with E-state index in [2.05, 4.69) is 25.9 Å². The fraction of sp³-hybridized carbons (Fsp3) is 0.500. The summed E-state index contributed by atoms with van der Waals surface area (Å²) in [5, 5.41) is 8.17. The predicted octanol–water partition coefficient (Wildman–Crippen LogP) is 4.38. The van der Waals surface area contributed by atoms with Crippen molar-refractivity contribution in [3.63, 3.8) is 0 Å². The summed E-state index contributed by atoms with van der Waals surface area (Å²) >= 11 is 1.58. The van der Waals surface area contributed by atoms with E-state index in [4.69, 9.17) is 9.47 Å². The quantitative estimate of drug-likeness (QED) is 0.171. The van der Waals surface area contributed by atoms with Gasteiger partial charge in [0.25, 0.3) is 0 Å². The number of carbonyl (C=O) groups is 5. The number of rotatable bonds is 10. The van der Waals surface area contributed by atoms with Crippen LogP contribution in [0.25, 0.3) is 26.7 Å². The number of anilines is 1. The number of hydrogen-bond donors (Lipinski definition) is 4. The summed E-state index contributed by atoms with van der Waals surface area (Å²) in [6.45, 7) is 9.78. The molecule has 0 bridgehead atoms. The Kier molecular flexibility index (Phi) is 11.5. The first-order valence-corrected chi connectivity index (χ1v) is 19.3. The number of ether oxygens (including phenoxy) is 2. The van der Waals surface area contributed by atoms with Gasteiger partial charge < -0.3 is 34.9 Å². The number of alkyl carbamates (subject to hydrolysis) is 2. The first-order chi connectivity index (χ1) is 26.1. The molecule has 2 fully saturated rings. The molecule has 4 aromatic rings. The number of imidazole rings is 2. The molecule has 0 saturated carbocycles. The van der Waals surface area contributed by atoms with Crippen LogP contribution in [0.2, 0.25) is 0 Å². The first kappa shape index (κ1) is 39.2. The summed E-state index contributed by atoms with van der Waals surface area (Å²) in [6.07, 6.45) is 7.15. The van der Waals surface area contributed by atoms with Crippen molar-refractivity contribution < 1.29 is 37.8 Å². The van der Waals surface area contributed by atoms with Crippen LogP contribution in [0.1, 0.15) is 72.2 Å². The molecule has 3 aromatic heterocycles. The van der Waals surface area contributed by atoms with E-state index in [0.717, 1.165) is 39.5 Å². The van der Waals surface area contributed by atoms with Crippen molar-refractivity contribution in [3.05, 3.63) is 48.7 Å². The first-order valence-electron chi connectivity index (χ1n) is 18.5. The maximum atomic E-state index is 13.5. The fourth-order valence-electron chi connectivity index (χ4n) is 7.03. The Morgan fingerprint density at radius 2 is 1.69 bits per heavy atom. The Hall–Kier alpha value is -5.45. The molecule has 5 heterocycles. The molecular weight excluding hydrogens is 727 g/mol. The monoisotopic (exact) mass is 776 g/mol. The minimum atomic E-state index is -0.699. The number of nitrogens with one attached hydrogen (secondary N) is 4. The van der Waals surface area contributed by atoms with Crippen LogP contribution in [-0.4, -0.2) is 98.7 Å². The lowest BCUT2D eigenvalue weighted by Crippen LogP contribution is -2.51. The van der Waals surface area contributed by atoms with Gasteiger partial charge in [0.2, 0.25) is 23.5 Å². The van der Waals surface area contributed by atoms with Gasteiger partial charge in [-0.15, -0.1) is 0 Å². The average molecular weight is 777 g/mol. The smallest absolute Gasteiger partial charge is 0.408 e. The normalized spacial score (nSPS) is 17.7. The topological polar surface area (TPSA) is 184 Å². The molecular formula is C38H50N9O7S+. The Morgan fingerprint density at radius 1 is 1.00 bits per heavy atom. The second kappa shape index (κ2) is 16.1. The van der Waals surface area contributed by atoms with Crippen molar-refractivity contribution >= 4 is 52.0 Å². The third-order valence-electron chi connectivity index (χ3n) is 9.82. The highest BCUT2D eigenvalue weighted by molar-refractivity contribution is 7.19. The SMILES string of the molecule is COC(=O)NC(C(=O)N1CCCC1c1ncc(-c2ccc(-c3c[n+]4cc(NC(=O)C5CCCN5C(=O)CNC(=O)OC(C)(C)C)n(C)c4s3)cc2)[nH]1)C(C)C. The van der Waals surface area contributed by atoms with E-state index in [-0.39, 0.29) is 36.2 Å². The second-order valence-corrected chi connectivity index (χ2v) is 16.3. The summed E-state index contributed by atoms with van der Waals surface area (Å²) in [5.41, 5.74) is 2.12. The van der Waals surface area contributed by atoms with E-state index in [1.54, 1.807) is 43.2 Å². The van der Waals surface area contributed by atoms with Crippen LogP contribution in [-0.2, 0) is 30.9 Å². The number of methoxy groups -OCH3 is 1. The second-order valence-electron chi connectivity index (χ2n) is 15.3. The van der Waals surface area contributed by atoms with Crippen molar-refractivity contribution in [2.45, 2.75) is 84.0 Å². The van der Waals surface area contributed by atoms with Crippen molar-refractivity contribution in [1.29, 1.82) is 0 Å². The van der Waals surface area contributed by atoms with E-state index >= 15 is 0 Å². The molecule has 0 radical (unpaired) electrons. The van der Waals surface area contributed by atoms with E-state index in [9.17, 15) is 24.0 Å². The van der Waals surface area contributed by atoms with Crippen LogP contribution in [0.3, 0.4) is 0 Å². The average Bonchev–Trinajstić information content (AvgIpc) is 3.98. The van der Waals surface area contributed by atoms with Gasteiger partial charge in [-0.3, -0.25) is 19.7 Å². The van der Waals surface area contributed by atoms with Crippen molar-refractivity contribution in [3.8, 4) is 21.7 Å². The Morgan fingerprint density at radius 3 is 2.36 bits per heavy atom. The van der Waals surface area contributed by atoms with Crippen molar-refractivity contribution in [1.82, 2.24) is 35.0 Å². The van der Waals surface area contributed by atoms with E-state index in [0.29, 0.717) is 37.6 Å². The summed E-state index contributed by atoms with van der Waals surface area (Å²) in [4.78, 5) is 77.1. The van der Waals surface area contributed by atoms with Gasteiger partial charge in [0.05, 0.1) is 37.0 Å². The molecule has 6 rings (SSSR count). The third-order valence-corrected chi connectivity index (χ3v) is 11.0. The fourth-order valence-corrected chi connectivity index (χ4v) is 8.10. The molecule has 3 atom stereocenters. The van der Waals surface area contributed by atoms with Gasteiger partial charge in [0.1, 0.15) is 36.3 Å². The lowest BCUT2D eigenvalue weighted by molar-refractivity contribution is -0.505. The van der Waals surface area contributed by atoms with Gasteiger partial charge in [-0.25, -0.2) is 19.1 Å². The molecule has 2 aliphatic rings. The highest BCUT2D eigenvalue weighted by Crippen LogP contribution is 2.34.